The molecule has 79 heavy (non-hydrogen) atoms. The van der Waals surface area contributed by atoms with Crippen molar-refractivity contribution in [3.8, 4) is 46.0 Å². The number of nitrogens with zero attached hydrogens (tertiary/aromatic N) is 2. The average Bonchev–Trinajstić information content (AvgIpc) is 3.04. The van der Waals surface area contributed by atoms with E-state index in [0.29, 0.717) is 0 Å². The Morgan fingerprint density at radius 2 is 0.835 bits per heavy atom. The highest BCUT2D eigenvalue weighted by Gasteiger charge is 2.48. The van der Waals surface area contributed by atoms with Crippen LogP contribution in [-0.4, -0.2) is 13.4 Å². The zero-order valence-electron chi connectivity index (χ0n) is 45.2. The molecule has 0 unspecified atom stereocenters. The topological polar surface area (TPSA) is 43.4 Å². The summed E-state index contributed by atoms with van der Waals surface area (Å²) >= 11 is 7.40. The number of hydrogen-bond acceptors (Lipinski definition) is 6. The van der Waals surface area contributed by atoms with Crippen molar-refractivity contribution in [2.75, 3.05) is 9.80 Å². The Balaban J connectivity index is 1.08. The number of aryl methyl sites for hydroxylation is 5. The molecule has 0 saturated heterocycles. The Hall–Kier alpha value is -5.90. The van der Waals surface area contributed by atoms with Gasteiger partial charge in [-0.05, 0) is 278 Å². The third-order valence-corrected chi connectivity index (χ3v) is 18.4. The lowest BCUT2D eigenvalue weighted by atomic mass is 9.30. The molecule has 0 aromatic heterocycles. The lowest BCUT2D eigenvalue weighted by Crippen LogP contribution is -2.64. The van der Waals surface area contributed by atoms with Crippen LogP contribution in [0.5, 0.6) is 46.0 Å². The number of hydrogen-bond donors (Lipinski definition) is 0. The highest BCUT2D eigenvalue weighted by molar-refractivity contribution is 14.1. The minimum absolute atomic E-state index is 0.151. The van der Waals surface area contributed by atoms with Gasteiger partial charge in [-0.15, -0.1) is 0 Å². The second-order valence-corrected chi connectivity index (χ2v) is 25.3. The van der Waals surface area contributed by atoms with Gasteiger partial charge in [0.1, 0.15) is 46.0 Å². The Morgan fingerprint density at radius 1 is 0.405 bits per heavy atom. The fourth-order valence-electron chi connectivity index (χ4n) is 12.4. The average molecular weight is 1370 g/mol. The summed E-state index contributed by atoms with van der Waals surface area (Å²) < 4.78 is 31.8. The molecule has 0 fully saturated rings. The molecule has 4 aliphatic heterocycles. The van der Waals surface area contributed by atoms with E-state index in [4.69, 9.17) is 18.9 Å². The van der Waals surface area contributed by atoms with Crippen LogP contribution in [0.4, 0.5) is 34.1 Å². The predicted molar refractivity (Wildman–Crippen MR) is 355 cm³/mol. The second kappa shape index (κ2) is 21.9. The SMILES string of the molecule is CCCCc1ccc(Oc2cc3c4c(c2)N(c2ccc(I)cc2)c2cc5c(cc2B4c2c(I)cc(C)cc2O3)B2c3c(CCCC)cc(C)cc3Oc3cc(Oc4ccc(CCCC)cc4)cc(c32)N5c2ccc(I)cc2)cc1. The minimum Gasteiger partial charge on any atom is -0.458 e. The van der Waals surface area contributed by atoms with Crippen LogP contribution in [0.25, 0.3) is 0 Å². The Bertz CT molecular complexity index is 3830. The highest BCUT2D eigenvalue weighted by Crippen LogP contribution is 2.49. The fourth-order valence-corrected chi connectivity index (χ4v) is 14.2. The summed E-state index contributed by atoms with van der Waals surface area (Å²) in [6, 6.07) is 58.0. The van der Waals surface area contributed by atoms with Crippen LogP contribution in [0.2, 0.25) is 0 Å². The van der Waals surface area contributed by atoms with Gasteiger partial charge in [0.2, 0.25) is 0 Å². The predicted octanol–water partition coefficient (Wildman–Crippen LogP) is 16.5. The van der Waals surface area contributed by atoms with E-state index in [1.54, 1.807) is 0 Å². The molecule has 0 bridgehead atoms. The van der Waals surface area contributed by atoms with Crippen LogP contribution in [0.15, 0.2) is 158 Å². The first-order valence-electron chi connectivity index (χ1n) is 28.0. The molecular weight excluding hydrogens is 1310 g/mol. The van der Waals surface area contributed by atoms with E-state index in [-0.39, 0.29) is 13.4 Å². The summed E-state index contributed by atoms with van der Waals surface area (Å²) in [4.78, 5) is 4.93. The zero-order valence-corrected chi connectivity index (χ0v) is 51.7. The lowest BCUT2D eigenvalue weighted by Gasteiger charge is -2.44. The van der Waals surface area contributed by atoms with E-state index >= 15 is 0 Å². The van der Waals surface area contributed by atoms with Gasteiger partial charge in [-0.25, -0.2) is 0 Å². The molecule has 0 saturated carbocycles. The van der Waals surface area contributed by atoms with Crippen molar-refractivity contribution < 1.29 is 18.9 Å². The quantitative estimate of drug-likeness (QED) is 0.0753. The molecule has 392 valence electrons. The maximum absolute atomic E-state index is 7.30. The van der Waals surface area contributed by atoms with Crippen molar-refractivity contribution in [2.24, 2.45) is 0 Å². The second-order valence-electron chi connectivity index (χ2n) is 21.7. The highest BCUT2D eigenvalue weighted by atomic mass is 127. The van der Waals surface area contributed by atoms with Crippen molar-refractivity contribution in [3.05, 3.63) is 196 Å². The number of rotatable bonds is 15. The summed E-state index contributed by atoms with van der Waals surface area (Å²) in [5.41, 5.74) is 19.9. The molecule has 0 N–H and O–H groups in total. The molecular formula is C68H59B2I3N2O4. The first kappa shape index (κ1) is 52.5. The third-order valence-electron chi connectivity index (χ3n) is 16.1. The molecule has 0 spiro atoms. The molecule has 0 radical (unpaired) electrons. The first-order chi connectivity index (χ1) is 38.5. The molecule has 6 nitrogen and oxygen atoms in total. The molecule has 11 heteroatoms. The van der Waals surface area contributed by atoms with Gasteiger partial charge in [0.05, 0.1) is 0 Å². The van der Waals surface area contributed by atoms with E-state index in [1.807, 2.05) is 0 Å². The molecule has 9 aromatic rings. The molecule has 0 atom stereocenters. The number of unbranched alkanes of at least 4 members (excludes halogenated alkanes) is 3. The van der Waals surface area contributed by atoms with Gasteiger partial charge in [-0.3, -0.25) is 0 Å². The monoisotopic (exact) mass is 1370 g/mol. The Kier molecular flexibility index (Phi) is 14.5. The van der Waals surface area contributed by atoms with Crippen molar-refractivity contribution >= 4 is 148 Å². The van der Waals surface area contributed by atoms with Crippen LogP contribution < -0.4 is 61.5 Å². The van der Waals surface area contributed by atoms with Crippen LogP contribution in [0.1, 0.15) is 87.1 Å². The van der Waals surface area contributed by atoms with Gasteiger partial charge in [-0.1, -0.05) is 76.4 Å². The van der Waals surface area contributed by atoms with E-state index in [2.05, 4.69) is 270 Å². The van der Waals surface area contributed by atoms with Gasteiger partial charge >= 0.3 is 0 Å². The Labute approximate surface area is 506 Å². The molecule has 0 aliphatic carbocycles. The molecule has 4 aliphatic rings. The van der Waals surface area contributed by atoms with E-state index in [1.165, 1.54) is 54.8 Å². The minimum atomic E-state index is -0.165. The normalized spacial score (nSPS) is 13.1. The first-order valence-corrected chi connectivity index (χ1v) is 31.3. The lowest BCUT2D eigenvalue weighted by molar-refractivity contribution is 0.462. The zero-order chi connectivity index (χ0) is 54.1. The third kappa shape index (κ3) is 9.80. The van der Waals surface area contributed by atoms with Crippen molar-refractivity contribution in [1.82, 2.24) is 0 Å². The molecule has 0 amide bonds. The van der Waals surface area contributed by atoms with Crippen molar-refractivity contribution in [2.45, 2.75) is 92.4 Å². The van der Waals surface area contributed by atoms with Crippen LogP contribution in [-0.2, 0) is 19.3 Å². The maximum Gasteiger partial charge on any atom is 0.257 e. The van der Waals surface area contributed by atoms with Crippen LogP contribution in [0, 0.1) is 24.6 Å². The Morgan fingerprint density at radius 3 is 1.32 bits per heavy atom. The van der Waals surface area contributed by atoms with Gasteiger partial charge in [-0.2, -0.15) is 0 Å². The molecule has 13 rings (SSSR count). The number of halogens is 3. The summed E-state index contributed by atoms with van der Waals surface area (Å²) in [5.74, 6) is 6.43. The van der Waals surface area contributed by atoms with Crippen molar-refractivity contribution in [3.63, 3.8) is 0 Å². The van der Waals surface area contributed by atoms with Crippen LogP contribution in [0.3, 0.4) is 0 Å². The van der Waals surface area contributed by atoms with Gasteiger partial charge in [0, 0.05) is 69.1 Å². The van der Waals surface area contributed by atoms with E-state index in [0.717, 1.165) is 154 Å². The van der Waals surface area contributed by atoms with Gasteiger partial charge in [0.25, 0.3) is 13.4 Å². The number of anilines is 6. The molecule has 4 heterocycles. The smallest absolute Gasteiger partial charge is 0.257 e. The summed E-state index contributed by atoms with van der Waals surface area (Å²) in [6.07, 6.45) is 9.88. The maximum atomic E-state index is 7.30. The van der Waals surface area contributed by atoms with Crippen molar-refractivity contribution in [1.29, 1.82) is 0 Å². The van der Waals surface area contributed by atoms with Crippen LogP contribution >= 0.6 is 67.8 Å². The standard InChI is InChI=1S/C68H59B2I3N2O4/c1-6-9-12-43-15-27-50(28-16-43)76-52-35-59-67-63(37-52)78-61-33-41(4)31-45(14-11-8-3)65(61)69(67)54-39-55-58(40-57(54)74(59)48-23-19-46(71)20-24-48)75(49-25-21-47(72)22-26-49)60-36-53(77-51-29-17-44(18-30-51)13-10-7-2)38-64-68(60)70(55)66-56(73)32-42(5)34-62(66)79-64/h15-40H,6-14H2,1-5H3. The van der Waals surface area contributed by atoms with E-state index < -0.39 is 0 Å². The van der Waals surface area contributed by atoms with Gasteiger partial charge < -0.3 is 28.7 Å². The van der Waals surface area contributed by atoms with E-state index in [9.17, 15) is 0 Å². The summed E-state index contributed by atoms with van der Waals surface area (Å²) in [5, 5.41) is 0. The largest absolute Gasteiger partial charge is 0.458 e. The number of fused-ring (bicyclic) bond motifs is 8. The number of benzene rings is 9. The number of ether oxygens (including phenoxy) is 4. The fraction of sp³-hybridized carbons (Fsp3) is 0.206. The summed E-state index contributed by atoms with van der Waals surface area (Å²) in [6.45, 7) is 10.8. The molecule has 9 aromatic carbocycles. The van der Waals surface area contributed by atoms with Gasteiger partial charge in [0.15, 0.2) is 0 Å². The summed E-state index contributed by atoms with van der Waals surface area (Å²) in [7, 11) is 0.